The molecule has 0 amide bonds. The van der Waals surface area contributed by atoms with Gasteiger partial charge in [-0.1, -0.05) is 12.1 Å². The third-order valence-electron chi connectivity index (χ3n) is 3.50. The highest BCUT2D eigenvalue weighted by Crippen LogP contribution is 2.33. The number of aromatic nitrogens is 2. The summed E-state index contributed by atoms with van der Waals surface area (Å²) in [5, 5.41) is 14.7. The number of hydrogen-bond donors (Lipinski definition) is 1. The SMILES string of the molecule is CCn1cc(C(O)c2ccc(C)c(C)c2OC)cn1. The zero-order chi connectivity index (χ0) is 14.0. The van der Waals surface area contributed by atoms with Crippen molar-refractivity contribution in [2.75, 3.05) is 7.11 Å². The number of aryl methyl sites for hydroxylation is 2. The summed E-state index contributed by atoms with van der Waals surface area (Å²) in [5.41, 5.74) is 3.77. The molecule has 0 radical (unpaired) electrons. The van der Waals surface area contributed by atoms with E-state index in [1.807, 2.05) is 39.1 Å². The van der Waals surface area contributed by atoms with Crippen LogP contribution in [-0.4, -0.2) is 22.0 Å². The number of benzene rings is 1. The minimum Gasteiger partial charge on any atom is -0.496 e. The molecule has 1 N–H and O–H groups in total. The Labute approximate surface area is 113 Å². The lowest BCUT2D eigenvalue weighted by Crippen LogP contribution is -2.04. The van der Waals surface area contributed by atoms with Crippen molar-refractivity contribution in [1.29, 1.82) is 0 Å². The molecule has 1 unspecified atom stereocenters. The van der Waals surface area contributed by atoms with Crippen molar-refractivity contribution in [2.45, 2.75) is 33.4 Å². The van der Waals surface area contributed by atoms with Crippen LogP contribution in [0.4, 0.5) is 0 Å². The van der Waals surface area contributed by atoms with Gasteiger partial charge in [-0.15, -0.1) is 0 Å². The molecule has 0 aliphatic heterocycles. The molecule has 4 heteroatoms. The van der Waals surface area contributed by atoms with Crippen molar-refractivity contribution in [3.63, 3.8) is 0 Å². The van der Waals surface area contributed by atoms with Crippen molar-refractivity contribution in [3.8, 4) is 5.75 Å². The fraction of sp³-hybridized carbons (Fsp3) is 0.400. The van der Waals surface area contributed by atoms with Gasteiger partial charge < -0.3 is 9.84 Å². The third-order valence-corrected chi connectivity index (χ3v) is 3.50. The minimum absolute atomic E-state index is 0.713. The summed E-state index contributed by atoms with van der Waals surface area (Å²) in [5.74, 6) is 0.747. The second-order valence-electron chi connectivity index (χ2n) is 4.66. The molecule has 19 heavy (non-hydrogen) atoms. The summed E-state index contributed by atoms with van der Waals surface area (Å²) in [6.45, 7) is 6.83. The largest absolute Gasteiger partial charge is 0.496 e. The molecular formula is C15H20N2O2. The molecule has 1 heterocycles. The first-order valence-corrected chi connectivity index (χ1v) is 6.43. The van der Waals surface area contributed by atoms with E-state index in [0.29, 0.717) is 0 Å². The average molecular weight is 260 g/mol. The number of aliphatic hydroxyl groups excluding tert-OH is 1. The van der Waals surface area contributed by atoms with E-state index in [0.717, 1.165) is 34.5 Å². The smallest absolute Gasteiger partial charge is 0.128 e. The van der Waals surface area contributed by atoms with E-state index in [-0.39, 0.29) is 0 Å². The average Bonchev–Trinajstić information content (AvgIpc) is 2.89. The quantitative estimate of drug-likeness (QED) is 0.919. The summed E-state index contributed by atoms with van der Waals surface area (Å²) >= 11 is 0. The van der Waals surface area contributed by atoms with Gasteiger partial charge in [0.2, 0.25) is 0 Å². The van der Waals surface area contributed by atoms with Crippen LogP contribution in [0.1, 0.15) is 35.3 Å². The maximum atomic E-state index is 10.5. The number of nitrogens with zero attached hydrogens (tertiary/aromatic N) is 2. The molecule has 0 fully saturated rings. The lowest BCUT2D eigenvalue weighted by molar-refractivity contribution is 0.214. The van der Waals surface area contributed by atoms with E-state index in [4.69, 9.17) is 4.74 Å². The van der Waals surface area contributed by atoms with Gasteiger partial charge in [-0.2, -0.15) is 5.10 Å². The Morgan fingerprint density at radius 1 is 1.37 bits per heavy atom. The van der Waals surface area contributed by atoms with Crippen molar-refractivity contribution in [3.05, 3.63) is 46.8 Å². The van der Waals surface area contributed by atoms with Gasteiger partial charge in [0, 0.05) is 23.9 Å². The number of aliphatic hydroxyl groups is 1. The number of ether oxygens (including phenoxy) is 1. The van der Waals surface area contributed by atoms with Crippen LogP contribution < -0.4 is 4.74 Å². The van der Waals surface area contributed by atoms with E-state index in [2.05, 4.69) is 5.10 Å². The van der Waals surface area contributed by atoms with Crippen LogP contribution >= 0.6 is 0 Å². The van der Waals surface area contributed by atoms with Crippen LogP contribution in [0.25, 0.3) is 0 Å². The first kappa shape index (κ1) is 13.6. The number of hydrogen-bond acceptors (Lipinski definition) is 3. The van der Waals surface area contributed by atoms with Crippen molar-refractivity contribution in [2.24, 2.45) is 0 Å². The molecule has 0 saturated carbocycles. The predicted octanol–water partition coefficient (Wildman–Crippen LogP) is 2.61. The van der Waals surface area contributed by atoms with Crippen molar-refractivity contribution in [1.82, 2.24) is 9.78 Å². The second-order valence-corrected chi connectivity index (χ2v) is 4.66. The Bertz CT molecular complexity index is 576. The van der Waals surface area contributed by atoms with Gasteiger partial charge in [0.1, 0.15) is 11.9 Å². The Morgan fingerprint density at radius 3 is 2.68 bits per heavy atom. The van der Waals surface area contributed by atoms with Crippen molar-refractivity contribution < 1.29 is 9.84 Å². The molecule has 0 saturated heterocycles. The fourth-order valence-corrected chi connectivity index (χ4v) is 2.17. The molecule has 0 aliphatic rings. The molecule has 2 rings (SSSR count). The summed E-state index contributed by atoms with van der Waals surface area (Å²) in [6.07, 6.45) is 2.84. The van der Waals surface area contributed by atoms with Crippen molar-refractivity contribution >= 4 is 0 Å². The fourth-order valence-electron chi connectivity index (χ4n) is 2.17. The highest BCUT2D eigenvalue weighted by Gasteiger charge is 2.19. The highest BCUT2D eigenvalue weighted by molar-refractivity contribution is 5.48. The van der Waals surface area contributed by atoms with Gasteiger partial charge in [0.05, 0.1) is 13.3 Å². The van der Waals surface area contributed by atoms with Gasteiger partial charge >= 0.3 is 0 Å². The van der Waals surface area contributed by atoms with E-state index in [1.54, 1.807) is 18.0 Å². The van der Waals surface area contributed by atoms with Gasteiger partial charge in [0.15, 0.2) is 0 Å². The molecule has 1 atom stereocenters. The Morgan fingerprint density at radius 2 is 2.11 bits per heavy atom. The third kappa shape index (κ3) is 2.49. The van der Waals surface area contributed by atoms with Gasteiger partial charge in [-0.25, -0.2) is 0 Å². The predicted molar refractivity (Wildman–Crippen MR) is 74.4 cm³/mol. The zero-order valence-electron chi connectivity index (χ0n) is 11.8. The molecule has 4 nitrogen and oxygen atoms in total. The summed E-state index contributed by atoms with van der Waals surface area (Å²) < 4.78 is 7.24. The maximum absolute atomic E-state index is 10.5. The topological polar surface area (TPSA) is 47.3 Å². The molecule has 0 spiro atoms. The Balaban J connectivity index is 2.43. The first-order chi connectivity index (χ1) is 9.08. The molecule has 2 aromatic rings. The second kappa shape index (κ2) is 5.45. The summed E-state index contributed by atoms with van der Waals surface area (Å²) in [6, 6.07) is 3.91. The maximum Gasteiger partial charge on any atom is 0.128 e. The molecule has 1 aromatic carbocycles. The van der Waals surface area contributed by atoms with E-state index >= 15 is 0 Å². The van der Waals surface area contributed by atoms with Gasteiger partial charge in [-0.05, 0) is 31.9 Å². The summed E-state index contributed by atoms with van der Waals surface area (Å²) in [7, 11) is 1.63. The number of rotatable bonds is 4. The van der Waals surface area contributed by atoms with E-state index in [1.165, 1.54) is 0 Å². The molecular weight excluding hydrogens is 240 g/mol. The lowest BCUT2D eigenvalue weighted by atomic mass is 9.98. The van der Waals surface area contributed by atoms with Crippen LogP contribution in [0.2, 0.25) is 0 Å². The van der Waals surface area contributed by atoms with Crippen LogP contribution in [0, 0.1) is 13.8 Å². The molecule has 0 aliphatic carbocycles. The zero-order valence-corrected chi connectivity index (χ0v) is 11.8. The van der Waals surface area contributed by atoms with Crippen LogP contribution in [0.15, 0.2) is 24.5 Å². The van der Waals surface area contributed by atoms with Crippen LogP contribution in [-0.2, 0) is 6.54 Å². The van der Waals surface area contributed by atoms with Gasteiger partial charge in [0.25, 0.3) is 0 Å². The van der Waals surface area contributed by atoms with E-state index < -0.39 is 6.10 Å². The van der Waals surface area contributed by atoms with Crippen LogP contribution in [0.3, 0.4) is 0 Å². The normalized spacial score (nSPS) is 12.5. The van der Waals surface area contributed by atoms with Crippen LogP contribution in [0.5, 0.6) is 5.75 Å². The standard InChI is InChI=1S/C15H20N2O2/c1-5-17-9-12(8-16-17)14(18)13-7-6-10(2)11(3)15(13)19-4/h6-9,14,18H,5H2,1-4H3. The Kier molecular flexibility index (Phi) is 3.90. The Hall–Kier alpha value is -1.81. The molecule has 0 bridgehead atoms. The summed E-state index contributed by atoms with van der Waals surface area (Å²) in [4.78, 5) is 0. The lowest BCUT2D eigenvalue weighted by Gasteiger charge is -2.17. The van der Waals surface area contributed by atoms with E-state index in [9.17, 15) is 5.11 Å². The minimum atomic E-state index is -0.713. The molecule has 102 valence electrons. The van der Waals surface area contributed by atoms with Gasteiger partial charge in [-0.3, -0.25) is 4.68 Å². The highest BCUT2D eigenvalue weighted by atomic mass is 16.5. The number of methoxy groups -OCH3 is 1. The molecule has 1 aromatic heterocycles. The first-order valence-electron chi connectivity index (χ1n) is 6.43. The monoisotopic (exact) mass is 260 g/mol.